The molecule has 5 rings (SSSR count). The van der Waals surface area contributed by atoms with Crippen LogP contribution in [0.25, 0.3) is 5.95 Å². The van der Waals surface area contributed by atoms with E-state index in [4.69, 9.17) is 14.5 Å². The third-order valence-electron chi connectivity index (χ3n) is 6.98. The van der Waals surface area contributed by atoms with Crippen molar-refractivity contribution in [2.24, 2.45) is 0 Å². The van der Waals surface area contributed by atoms with Gasteiger partial charge in [-0.05, 0) is 58.7 Å². The predicted molar refractivity (Wildman–Crippen MR) is 134 cm³/mol. The molecule has 0 aromatic carbocycles. The Hall–Kier alpha value is -3.23. The van der Waals surface area contributed by atoms with Gasteiger partial charge >= 0.3 is 0 Å². The van der Waals surface area contributed by atoms with Crippen LogP contribution in [0.15, 0.2) is 73.1 Å². The van der Waals surface area contributed by atoms with E-state index in [0.717, 1.165) is 62.5 Å². The zero-order valence-electron chi connectivity index (χ0n) is 20.6. The number of likely N-dealkylation sites (N-methyl/N-ethyl adjacent to an activating group) is 1. The molecule has 0 radical (unpaired) electrons. The second-order valence-electron chi connectivity index (χ2n) is 9.44. The van der Waals surface area contributed by atoms with Gasteiger partial charge in [0, 0.05) is 31.2 Å². The van der Waals surface area contributed by atoms with E-state index in [2.05, 4.69) is 51.1 Å². The summed E-state index contributed by atoms with van der Waals surface area (Å²) in [6.07, 6.45) is 22.4. The number of aryl methyl sites for hydroxylation is 1. The highest BCUT2D eigenvalue weighted by Gasteiger charge is 2.30. The first-order chi connectivity index (χ1) is 17.2. The van der Waals surface area contributed by atoms with Gasteiger partial charge in [-0.15, -0.1) is 0 Å². The van der Waals surface area contributed by atoms with Crippen LogP contribution in [0.1, 0.15) is 49.5 Å². The van der Waals surface area contributed by atoms with Gasteiger partial charge in [0.1, 0.15) is 25.1 Å². The fourth-order valence-electron chi connectivity index (χ4n) is 5.09. The lowest BCUT2D eigenvalue weighted by Gasteiger charge is -2.33. The van der Waals surface area contributed by atoms with Crippen molar-refractivity contribution in [2.75, 3.05) is 26.7 Å². The van der Waals surface area contributed by atoms with Crippen molar-refractivity contribution < 1.29 is 9.47 Å². The SMILES string of the molecule is Cc1cc(C2CCCN2CCN(C)C(CC2=CC=CCC2)C2=COC=CO2)nc(-n2ccnc2)n1. The second-order valence-corrected chi connectivity index (χ2v) is 9.44. The van der Waals surface area contributed by atoms with Gasteiger partial charge < -0.3 is 9.47 Å². The standard InChI is InChI=1S/C27H34N6O2/c1-21-17-23(30-27(29-21)33-12-10-28-20-33)24-9-6-11-32(24)14-13-31(2)25(26-19-34-15-16-35-26)18-22-7-4-3-5-8-22/h3-4,7,10,12,15-17,19-20,24-25H,5-6,8-9,11,13-14,18H2,1-2H3. The maximum atomic E-state index is 5.86. The minimum atomic E-state index is 0.132. The fourth-order valence-corrected chi connectivity index (χ4v) is 5.09. The average Bonchev–Trinajstić information content (AvgIpc) is 3.59. The number of likely N-dealkylation sites (tertiary alicyclic amines) is 1. The first kappa shape index (κ1) is 23.5. The van der Waals surface area contributed by atoms with Crippen LogP contribution in [0.5, 0.6) is 0 Å². The topological polar surface area (TPSA) is 68.5 Å². The molecular formula is C27H34N6O2. The molecule has 1 aliphatic carbocycles. The number of hydrogen-bond acceptors (Lipinski definition) is 7. The molecule has 8 heteroatoms. The third-order valence-corrected chi connectivity index (χ3v) is 6.98. The van der Waals surface area contributed by atoms with E-state index in [9.17, 15) is 0 Å². The minimum Gasteiger partial charge on any atom is -0.466 e. The molecular weight excluding hydrogens is 440 g/mol. The lowest BCUT2D eigenvalue weighted by molar-refractivity contribution is 0.143. The van der Waals surface area contributed by atoms with Crippen LogP contribution in [0, 0.1) is 6.92 Å². The summed E-state index contributed by atoms with van der Waals surface area (Å²) in [7, 11) is 2.18. The summed E-state index contributed by atoms with van der Waals surface area (Å²) in [6.45, 7) is 5.00. The minimum absolute atomic E-state index is 0.132. The van der Waals surface area contributed by atoms with Gasteiger partial charge in [0.05, 0.1) is 17.8 Å². The average molecular weight is 475 g/mol. The molecule has 0 N–H and O–H groups in total. The molecule has 2 aromatic heterocycles. The predicted octanol–water partition coefficient (Wildman–Crippen LogP) is 4.43. The fraction of sp³-hybridized carbons (Fsp3) is 0.444. The Morgan fingerprint density at radius 1 is 1.26 bits per heavy atom. The third kappa shape index (κ3) is 5.71. The lowest BCUT2D eigenvalue weighted by atomic mass is 9.96. The van der Waals surface area contributed by atoms with Crippen LogP contribution >= 0.6 is 0 Å². The number of hydrogen-bond donors (Lipinski definition) is 0. The van der Waals surface area contributed by atoms with Crippen molar-refractivity contribution in [3.05, 3.63) is 84.5 Å². The van der Waals surface area contributed by atoms with Crippen LogP contribution in [0.3, 0.4) is 0 Å². The molecule has 3 aliphatic rings. The maximum absolute atomic E-state index is 5.86. The molecule has 2 aromatic rings. The van der Waals surface area contributed by atoms with Gasteiger partial charge in [0.2, 0.25) is 5.95 Å². The molecule has 184 valence electrons. The summed E-state index contributed by atoms with van der Waals surface area (Å²) in [5, 5.41) is 0. The Labute approximate surface area is 207 Å². The van der Waals surface area contributed by atoms with Crippen LogP contribution in [0.2, 0.25) is 0 Å². The molecule has 35 heavy (non-hydrogen) atoms. The molecule has 4 heterocycles. The molecule has 0 bridgehead atoms. The normalized spacial score (nSPS) is 20.9. The zero-order valence-corrected chi connectivity index (χ0v) is 20.6. The Morgan fingerprint density at radius 3 is 2.97 bits per heavy atom. The van der Waals surface area contributed by atoms with E-state index in [0.29, 0.717) is 12.0 Å². The summed E-state index contributed by atoms with van der Waals surface area (Å²) in [5.41, 5.74) is 3.52. The highest BCUT2D eigenvalue weighted by molar-refractivity contribution is 5.23. The summed E-state index contributed by atoms with van der Waals surface area (Å²) in [5.74, 6) is 1.55. The Balaban J connectivity index is 1.28. The van der Waals surface area contributed by atoms with Gasteiger partial charge in [-0.1, -0.05) is 23.8 Å². The highest BCUT2D eigenvalue weighted by atomic mass is 16.5. The second kappa shape index (κ2) is 11.0. The first-order valence-electron chi connectivity index (χ1n) is 12.5. The van der Waals surface area contributed by atoms with E-state index in [1.165, 1.54) is 12.0 Å². The molecule has 0 spiro atoms. The number of allylic oxidation sites excluding steroid dienone is 3. The largest absolute Gasteiger partial charge is 0.466 e. The van der Waals surface area contributed by atoms with Crippen molar-refractivity contribution in [3.8, 4) is 5.95 Å². The number of imidazole rings is 1. The van der Waals surface area contributed by atoms with Gasteiger partial charge in [-0.3, -0.25) is 14.4 Å². The molecule has 8 nitrogen and oxygen atoms in total. The summed E-state index contributed by atoms with van der Waals surface area (Å²) in [4.78, 5) is 18.6. The monoisotopic (exact) mass is 474 g/mol. The molecule has 0 saturated carbocycles. The summed E-state index contributed by atoms with van der Waals surface area (Å²) < 4.78 is 13.2. The number of nitrogens with zero attached hydrogens (tertiary/aromatic N) is 6. The molecule has 2 atom stereocenters. The van der Waals surface area contributed by atoms with Crippen molar-refractivity contribution >= 4 is 0 Å². The number of ether oxygens (including phenoxy) is 2. The van der Waals surface area contributed by atoms with Crippen LogP contribution < -0.4 is 0 Å². The van der Waals surface area contributed by atoms with Crippen LogP contribution in [-0.4, -0.2) is 62.0 Å². The van der Waals surface area contributed by atoms with Crippen molar-refractivity contribution in [1.82, 2.24) is 29.3 Å². The van der Waals surface area contributed by atoms with Crippen molar-refractivity contribution in [2.45, 2.75) is 51.1 Å². The Kier molecular flexibility index (Phi) is 7.39. The van der Waals surface area contributed by atoms with E-state index in [1.807, 2.05) is 17.7 Å². The van der Waals surface area contributed by atoms with Gasteiger partial charge in [-0.2, -0.15) is 0 Å². The number of aromatic nitrogens is 4. The smallest absolute Gasteiger partial charge is 0.235 e. The van der Waals surface area contributed by atoms with Crippen LogP contribution in [0.4, 0.5) is 0 Å². The van der Waals surface area contributed by atoms with Gasteiger partial charge in [-0.25, -0.2) is 15.0 Å². The van der Waals surface area contributed by atoms with E-state index < -0.39 is 0 Å². The Morgan fingerprint density at radius 2 is 2.20 bits per heavy atom. The first-order valence-corrected chi connectivity index (χ1v) is 12.5. The highest BCUT2D eigenvalue weighted by Crippen LogP contribution is 2.32. The van der Waals surface area contributed by atoms with Crippen molar-refractivity contribution in [3.63, 3.8) is 0 Å². The van der Waals surface area contributed by atoms with E-state index >= 15 is 0 Å². The maximum Gasteiger partial charge on any atom is 0.235 e. The van der Waals surface area contributed by atoms with Crippen LogP contribution in [-0.2, 0) is 9.47 Å². The molecule has 1 fully saturated rings. The quantitative estimate of drug-likeness (QED) is 0.532. The van der Waals surface area contributed by atoms with E-state index in [-0.39, 0.29) is 6.04 Å². The van der Waals surface area contributed by atoms with E-state index in [1.54, 1.807) is 31.3 Å². The Bertz CT molecular complexity index is 1120. The summed E-state index contributed by atoms with van der Waals surface area (Å²) in [6, 6.07) is 2.56. The zero-order chi connectivity index (χ0) is 24.0. The lowest BCUT2D eigenvalue weighted by Crippen LogP contribution is -2.40. The molecule has 1 saturated heterocycles. The molecule has 0 amide bonds. The molecule has 2 aliphatic heterocycles. The molecule has 2 unspecified atom stereocenters. The summed E-state index contributed by atoms with van der Waals surface area (Å²) >= 11 is 0. The van der Waals surface area contributed by atoms with Crippen molar-refractivity contribution in [1.29, 1.82) is 0 Å². The number of rotatable bonds is 9. The van der Waals surface area contributed by atoms with Gasteiger partial charge in [0.15, 0.2) is 5.76 Å². The van der Waals surface area contributed by atoms with Gasteiger partial charge in [0.25, 0.3) is 0 Å².